The second-order valence-electron chi connectivity index (χ2n) is 5.48. The molecule has 2 unspecified atom stereocenters. The highest BCUT2D eigenvalue weighted by atomic mass is 79.9. The first-order chi connectivity index (χ1) is 9.79. The third-order valence-electron chi connectivity index (χ3n) is 4.10. The highest BCUT2D eigenvalue weighted by Gasteiger charge is 2.46. The Balaban J connectivity index is 2.37. The Labute approximate surface area is 138 Å². The zero-order valence-corrected chi connectivity index (χ0v) is 14.6. The van der Waals surface area contributed by atoms with E-state index in [0.717, 1.165) is 10.0 Å². The molecule has 6 heteroatoms. The highest BCUT2D eigenvalue weighted by molar-refractivity contribution is 9.10. The van der Waals surface area contributed by atoms with Crippen LogP contribution in [0.4, 0.5) is 0 Å². The summed E-state index contributed by atoms with van der Waals surface area (Å²) in [4.78, 5) is 26.4. The van der Waals surface area contributed by atoms with E-state index in [4.69, 9.17) is 11.6 Å². The normalized spacial score (nSPS) is 26.0. The third-order valence-corrected chi connectivity index (χ3v) is 4.95. The SMILES string of the molecule is CCC1(C)C(=O)NC(C)C(=O)N1Cc1ccc(Br)cc1Cl. The number of amides is 2. The van der Waals surface area contributed by atoms with Gasteiger partial charge < -0.3 is 10.2 Å². The molecule has 0 bridgehead atoms. The van der Waals surface area contributed by atoms with E-state index in [-0.39, 0.29) is 11.8 Å². The Bertz CT molecular complexity index is 593. The van der Waals surface area contributed by atoms with Crippen LogP contribution in [0, 0.1) is 0 Å². The van der Waals surface area contributed by atoms with Gasteiger partial charge in [-0.05, 0) is 38.0 Å². The molecule has 4 nitrogen and oxygen atoms in total. The van der Waals surface area contributed by atoms with Gasteiger partial charge in [0, 0.05) is 16.0 Å². The zero-order valence-electron chi connectivity index (χ0n) is 12.2. The van der Waals surface area contributed by atoms with Crippen LogP contribution in [0.2, 0.25) is 5.02 Å². The van der Waals surface area contributed by atoms with Gasteiger partial charge in [-0.3, -0.25) is 9.59 Å². The van der Waals surface area contributed by atoms with E-state index < -0.39 is 11.6 Å². The van der Waals surface area contributed by atoms with Crippen LogP contribution < -0.4 is 5.32 Å². The number of benzene rings is 1. The summed E-state index contributed by atoms with van der Waals surface area (Å²) in [6, 6.07) is 5.03. The summed E-state index contributed by atoms with van der Waals surface area (Å²) in [6.45, 7) is 5.72. The lowest BCUT2D eigenvalue weighted by Crippen LogP contribution is -2.68. The zero-order chi connectivity index (χ0) is 15.8. The first kappa shape index (κ1) is 16.3. The summed E-state index contributed by atoms with van der Waals surface area (Å²) in [6.07, 6.45) is 0.547. The molecule has 1 aliphatic heterocycles. The number of rotatable bonds is 3. The predicted molar refractivity (Wildman–Crippen MR) is 86.0 cm³/mol. The van der Waals surface area contributed by atoms with Crippen molar-refractivity contribution in [1.29, 1.82) is 0 Å². The topological polar surface area (TPSA) is 49.4 Å². The van der Waals surface area contributed by atoms with Gasteiger partial charge >= 0.3 is 0 Å². The molecule has 0 radical (unpaired) electrons. The van der Waals surface area contributed by atoms with Crippen LogP contribution in [0.5, 0.6) is 0 Å². The molecular formula is C15H18BrClN2O2. The van der Waals surface area contributed by atoms with Crippen molar-refractivity contribution in [3.8, 4) is 0 Å². The van der Waals surface area contributed by atoms with Crippen LogP contribution in [-0.4, -0.2) is 28.3 Å². The molecule has 0 saturated carbocycles. The van der Waals surface area contributed by atoms with Gasteiger partial charge in [-0.15, -0.1) is 0 Å². The number of carbonyl (C=O) groups excluding carboxylic acids is 2. The molecule has 1 aromatic carbocycles. The van der Waals surface area contributed by atoms with Crippen LogP contribution >= 0.6 is 27.5 Å². The van der Waals surface area contributed by atoms with Crippen molar-refractivity contribution < 1.29 is 9.59 Å². The minimum Gasteiger partial charge on any atom is -0.343 e. The van der Waals surface area contributed by atoms with E-state index in [1.54, 1.807) is 24.8 Å². The standard InChI is InChI=1S/C15H18BrClN2O2/c1-4-15(3)14(21)18-9(2)13(20)19(15)8-10-5-6-11(16)7-12(10)17/h5-7,9H,4,8H2,1-3H3,(H,18,21). The molecule has 2 atom stereocenters. The van der Waals surface area contributed by atoms with E-state index in [2.05, 4.69) is 21.2 Å². The smallest absolute Gasteiger partial charge is 0.246 e. The summed E-state index contributed by atoms with van der Waals surface area (Å²) in [5.41, 5.74) is -0.0187. The van der Waals surface area contributed by atoms with Gasteiger partial charge in [0.05, 0.1) is 0 Å². The lowest BCUT2D eigenvalue weighted by molar-refractivity contribution is -0.157. The van der Waals surface area contributed by atoms with E-state index in [1.165, 1.54) is 0 Å². The monoisotopic (exact) mass is 372 g/mol. The lowest BCUT2D eigenvalue weighted by Gasteiger charge is -2.45. The van der Waals surface area contributed by atoms with Crippen molar-refractivity contribution in [3.05, 3.63) is 33.3 Å². The predicted octanol–water partition coefficient (Wildman–Crippen LogP) is 3.12. The lowest BCUT2D eigenvalue weighted by atomic mass is 9.90. The van der Waals surface area contributed by atoms with Crippen molar-refractivity contribution in [3.63, 3.8) is 0 Å². The molecule has 21 heavy (non-hydrogen) atoms. The molecule has 0 aliphatic carbocycles. The number of carbonyl (C=O) groups is 2. The average molecular weight is 374 g/mol. The molecule has 0 spiro atoms. The number of hydrogen-bond donors (Lipinski definition) is 1. The maximum absolute atomic E-state index is 12.5. The van der Waals surface area contributed by atoms with Crippen molar-refractivity contribution in [2.24, 2.45) is 0 Å². The van der Waals surface area contributed by atoms with E-state index in [9.17, 15) is 9.59 Å². The van der Waals surface area contributed by atoms with Gasteiger partial charge in [-0.1, -0.05) is 40.5 Å². The summed E-state index contributed by atoms with van der Waals surface area (Å²) in [5.74, 6) is -0.205. The fourth-order valence-corrected chi connectivity index (χ4v) is 3.17. The average Bonchev–Trinajstić information content (AvgIpc) is 2.43. The van der Waals surface area contributed by atoms with Gasteiger partial charge in [-0.25, -0.2) is 0 Å². The van der Waals surface area contributed by atoms with Crippen LogP contribution in [-0.2, 0) is 16.1 Å². The quantitative estimate of drug-likeness (QED) is 0.885. The molecule has 1 fully saturated rings. The second-order valence-corrected chi connectivity index (χ2v) is 6.81. The maximum Gasteiger partial charge on any atom is 0.246 e. The second kappa shape index (κ2) is 5.97. The Morgan fingerprint density at radius 3 is 2.67 bits per heavy atom. The molecule has 1 saturated heterocycles. The van der Waals surface area contributed by atoms with E-state index in [1.807, 2.05) is 19.1 Å². The minimum atomic E-state index is -0.847. The van der Waals surface area contributed by atoms with Gasteiger partial charge in [-0.2, -0.15) is 0 Å². The molecule has 2 rings (SSSR count). The van der Waals surface area contributed by atoms with Crippen LogP contribution in [0.25, 0.3) is 0 Å². The highest BCUT2D eigenvalue weighted by Crippen LogP contribution is 2.30. The molecule has 1 heterocycles. The minimum absolute atomic E-state index is 0.0852. The van der Waals surface area contributed by atoms with Crippen molar-refractivity contribution >= 4 is 39.3 Å². The van der Waals surface area contributed by atoms with E-state index >= 15 is 0 Å². The largest absolute Gasteiger partial charge is 0.343 e. The Morgan fingerprint density at radius 1 is 1.43 bits per heavy atom. The molecule has 0 aromatic heterocycles. The van der Waals surface area contributed by atoms with Crippen LogP contribution in [0.1, 0.15) is 32.8 Å². The van der Waals surface area contributed by atoms with Gasteiger partial charge in [0.15, 0.2) is 0 Å². The number of nitrogens with one attached hydrogen (secondary N) is 1. The van der Waals surface area contributed by atoms with Gasteiger partial charge in [0.25, 0.3) is 0 Å². The molecule has 1 aliphatic rings. The van der Waals surface area contributed by atoms with Crippen molar-refractivity contribution in [1.82, 2.24) is 10.2 Å². The Morgan fingerprint density at radius 2 is 2.10 bits per heavy atom. The third kappa shape index (κ3) is 2.94. The van der Waals surface area contributed by atoms with Crippen molar-refractivity contribution in [2.45, 2.75) is 45.3 Å². The molecule has 2 amide bonds. The molecule has 1 N–H and O–H groups in total. The van der Waals surface area contributed by atoms with Gasteiger partial charge in [0.2, 0.25) is 11.8 Å². The van der Waals surface area contributed by atoms with E-state index in [0.29, 0.717) is 18.0 Å². The molecule has 1 aromatic rings. The molecule has 114 valence electrons. The number of piperazine rings is 1. The number of hydrogen-bond acceptors (Lipinski definition) is 2. The fraction of sp³-hybridized carbons (Fsp3) is 0.467. The van der Waals surface area contributed by atoms with Crippen LogP contribution in [0.15, 0.2) is 22.7 Å². The first-order valence-corrected chi connectivity index (χ1v) is 8.03. The summed E-state index contributed by atoms with van der Waals surface area (Å²) >= 11 is 9.60. The fourth-order valence-electron chi connectivity index (χ4n) is 2.44. The number of nitrogens with zero attached hydrogens (tertiary/aromatic N) is 1. The Hall–Kier alpha value is -1.07. The first-order valence-electron chi connectivity index (χ1n) is 6.86. The summed E-state index contributed by atoms with van der Waals surface area (Å²) in [5, 5.41) is 3.32. The van der Waals surface area contributed by atoms with Gasteiger partial charge in [0.1, 0.15) is 11.6 Å². The Kier molecular flexibility index (Phi) is 4.63. The summed E-state index contributed by atoms with van der Waals surface area (Å²) < 4.78 is 0.880. The number of halogens is 2. The maximum atomic E-state index is 12.5. The van der Waals surface area contributed by atoms with Crippen LogP contribution in [0.3, 0.4) is 0 Å². The van der Waals surface area contributed by atoms with Crippen molar-refractivity contribution in [2.75, 3.05) is 0 Å². The molecular weight excluding hydrogens is 356 g/mol. The summed E-state index contributed by atoms with van der Waals surface area (Å²) in [7, 11) is 0.